The summed E-state index contributed by atoms with van der Waals surface area (Å²) in [6, 6.07) is 11.9. The number of carbonyl (C=O) groups excluding carboxylic acids is 1. The minimum absolute atomic E-state index is 0.0341. The standard InChI is InChI=1S/C16H17NO3S/c1-11-8-12(2)10-13(9-11)17-16(18)14-6-4-5-7-15(14)21(3,19)20/h4-10H,1-3H3,(H,17,18). The van der Waals surface area contributed by atoms with Gasteiger partial charge in [-0.05, 0) is 49.2 Å². The van der Waals surface area contributed by atoms with Crippen LogP contribution in [-0.2, 0) is 9.84 Å². The number of carbonyl (C=O) groups is 1. The van der Waals surface area contributed by atoms with Crippen LogP contribution in [0.4, 0.5) is 5.69 Å². The molecular weight excluding hydrogens is 286 g/mol. The monoisotopic (exact) mass is 303 g/mol. The summed E-state index contributed by atoms with van der Waals surface area (Å²) in [6.07, 6.45) is 1.09. The van der Waals surface area contributed by atoms with Crippen molar-refractivity contribution in [1.82, 2.24) is 0 Å². The van der Waals surface area contributed by atoms with Gasteiger partial charge >= 0.3 is 0 Å². The van der Waals surface area contributed by atoms with Gasteiger partial charge in [-0.3, -0.25) is 4.79 Å². The summed E-state index contributed by atoms with van der Waals surface area (Å²) in [5.41, 5.74) is 2.86. The van der Waals surface area contributed by atoms with Crippen LogP contribution in [0.2, 0.25) is 0 Å². The van der Waals surface area contributed by atoms with Crippen molar-refractivity contribution in [3.8, 4) is 0 Å². The molecule has 5 heteroatoms. The highest BCUT2D eigenvalue weighted by Gasteiger charge is 2.18. The van der Waals surface area contributed by atoms with Gasteiger partial charge in [-0.1, -0.05) is 18.2 Å². The molecule has 0 heterocycles. The van der Waals surface area contributed by atoms with E-state index in [1.807, 2.05) is 32.0 Å². The molecule has 0 atom stereocenters. The van der Waals surface area contributed by atoms with Crippen LogP contribution in [0.3, 0.4) is 0 Å². The van der Waals surface area contributed by atoms with Crippen molar-refractivity contribution >= 4 is 21.4 Å². The van der Waals surface area contributed by atoms with Gasteiger partial charge in [0.15, 0.2) is 9.84 Å². The van der Waals surface area contributed by atoms with Gasteiger partial charge < -0.3 is 5.32 Å². The lowest BCUT2D eigenvalue weighted by Crippen LogP contribution is -2.16. The van der Waals surface area contributed by atoms with Gasteiger partial charge in [-0.15, -0.1) is 0 Å². The molecule has 2 rings (SSSR count). The van der Waals surface area contributed by atoms with Crippen LogP contribution in [-0.4, -0.2) is 20.6 Å². The Morgan fingerprint density at radius 1 is 1.00 bits per heavy atom. The quantitative estimate of drug-likeness (QED) is 0.948. The lowest BCUT2D eigenvalue weighted by Gasteiger charge is -2.10. The third kappa shape index (κ3) is 3.70. The van der Waals surface area contributed by atoms with Gasteiger partial charge in [-0.2, -0.15) is 0 Å². The van der Waals surface area contributed by atoms with E-state index in [1.165, 1.54) is 12.1 Å². The number of rotatable bonds is 3. The molecule has 1 amide bonds. The number of nitrogens with one attached hydrogen (secondary N) is 1. The molecule has 0 radical (unpaired) electrons. The fourth-order valence-electron chi connectivity index (χ4n) is 2.22. The maximum absolute atomic E-state index is 12.3. The summed E-state index contributed by atoms with van der Waals surface area (Å²) in [6.45, 7) is 3.88. The summed E-state index contributed by atoms with van der Waals surface area (Å²) >= 11 is 0. The molecule has 0 unspecified atom stereocenters. The molecule has 0 aromatic heterocycles. The zero-order valence-electron chi connectivity index (χ0n) is 12.2. The van der Waals surface area contributed by atoms with Gasteiger partial charge in [0.25, 0.3) is 5.91 Å². The van der Waals surface area contributed by atoms with Crippen LogP contribution in [0, 0.1) is 13.8 Å². The molecule has 0 aliphatic heterocycles. The van der Waals surface area contributed by atoms with Crippen LogP contribution >= 0.6 is 0 Å². The van der Waals surface area contributed by atoms with E-state index in [0.29, 0.717) is 5.69 Å². The van der Waals surface area contributed by atoms with Crippen molar-refractivity contribution in [1.29, 1.82) is 0 Å². The highest BCUT2D eigenvalue weighted by molar-refractivity contribution is 7.90. The normalized spacial score (nSPS) is 11.2. The van der Waals surface area contributed by atoms with Crippen LogP contribution in [0.15, 0.2) is 47.4 Å². The molecule has 21 heavy (non-hydrogen) atoms. The van der Waals surface area contributed by atoms with E-state index in [-0.39, 0.29) is 10.5 Å². The van der Waals surface area contributed by atoms with Crippen molar-refractivity contribution in [2.24, 2.45) is 0 Å². The van der Waals surface area contributed by atoms with Crippen molar-refractivity contribution in [3.63, 3.8) is 0 Å². The molecule has 0 fully saturated rings. The lowest BCUT2D eigenvalue weighted by molar-refractivity contribution is 0.102. The average Bonchev–Trinajstić information content (AvgIpc) is 2.36. The third-order valence-electron chi connectivity index (χ3n) is 3.01. The first kappa shape index (κ1) is 15.3. The Hall–Kier alpha value is -2.14. The Bertz CT molecular complexity index is 775. The number of anilines is 1. The zero-order chi connectivity index (χ0) is 15.6. The number of hydrogen-bond acceptors (Lipinski definition) is 3. The number of aryl methyl sites for hydroxylation is 2. The van der Waals surface area contributed by atoms with Crippen molar-refractivity contribution in [3.05, 3.63) is 59.2 Å². The predicted molar refractivity (Wildman–Crippen MR) is 83.4 cm³/mol. The number of hydrogen-bond donors (Lipinski definition) is 1. The first-order chi connectivity index (χ1) is 9.77. The largest absolute Gasteiger partial charge is 0.322 e. The van der Waals surface area contributed by atoms with Gasteiger partial charge in [-0.25, -0.2) is 8.42 Å². The van der Waals surface area contributed by atoms with Crippen LogP contribution in [0.1, 0.15) is 21.5 Å². The molecule has 0 aliphatic rings. The molecule has 4 nitrogen and oxygen atoms in total. The molecule has 0 bridgehead atoms. The summed E-state index contributed by atoms with van der Waals surface area (Å²) in [7, 11) is -3.45. The average molecular weight is 303 g/mol. The topological polar surface area (TPSA) is 63.2 Å². The second-order valence-corrected chi connectivity index (χ2v) is 7.08. The van der Waals surface area contributed by atoms with Crippen LogP contribution in [0.5, 0.6) is 0 Å². The predicted octanol–water partition coefficient (Wildman–Crippen LogP) is 2.96. The summed E-state index contributed by atoms with van der Waals surface area (Å²) in [5, 5.41) is 2.75. The fraction of sp³-hybridized carbons (Fsp3) is 0.188. The fourth-order valence-corrected chi connectivity index (χ4v) is 3.11. The van der Waals surface area contributed by atoms with E-state index < -0.39 is 15.7 Å². The Morgan fingerprint density at radius 3 is 2.14 bits per heavy atom. The maximum Gasteiger partial charge on any atom is 0.256 e. The van der Waals surface area contributed by atoms with E-state index >= 15 is 0 Å². The van der Waals surface area contributed by atoms with Gasteiger partial charge in [0.1, 0.15) is 0 Å². The smallest absolute Gasteiger partial charge is 0.256 e. The Balaban J connectivity index is 2.38. The number of benzene rings is 2. The molecule has 2 aromatic rings. The highest BCUT2D eigenvalue weighted by Crippen LogP contribution is 2.19. The summed E-state index contributed by atoms with van der Waals surface area (Å²) < 4.78 is 23.5. The number of sulfone groups is 1. The first-order valence-corrected chi connectivity index (χ1v) is 8.35. The minimum atomic E-state index is -3.45. The molecule has 110 valence electrons. The second-order valence-electron chi connectivity index (χ2n) is 5.10. The maximum atomic E-state index is 12.3. The van der Waals surface area contributed by atoms with Crippen LogP contribution in [0.25, 0.3) is 0 Å². The van der Waals surface area contributed by atoms with E-state index in [9.17, 15) is 13.2 Å². The molecular formula is C16H17NO3S. The SMILES string of the molecule is Cc1cc(C)cc(NC(=O)c2ccccc2S(C)(=O)=O)c1. The molecule has 1 N–H and O–H groups in total. The van der Waals surface area contributed by atoms with E-state index in [4.69, 9.17) is 0 Å². The zero-order valence-corrected chi connectivity index (χ0v) is 13.0. The van der Waals surface area contributed by atoms with Gasteiger partial charge in [0.2, 0.25) is 0 Å². The van der Waals surface area contributed by atoms with Crippen LogP contribution < -0.4 is 5.32 Å². The van der Waals surface area contributed by atoms with Gasteiger partial charge in [0.05, 0.1) is 10.5 Å². The number of amides is 1. The lowest BCUT2D eigenvalue weighted by atomic mass is 10.1. The molecule has 0 aliphatic carbocycles. The van der Waals surface area contributed by atoms with E-state index in [1.54, 1.807) is 12.1 Å². The molecule has 0 saturated heterocycles. The third-order valence-corrected chi connectivity index (χ3v) is 4.17. The Kier molecular flexibility index (Phi) is 4.14. The van der Waals surface area contributed by atoms with E-state index in [2.05, 4.69) is 5.32 Å². The Labute approximate surface area is 124 Å². The van der Waals surface area contributed by atoms with Crippen molar-refractivity contribution in [2.45, 2.75) is 18.7 Å². The molecule has 0 spiro atoms. The summed E-state index contributed by atoms with van der Waals surface area (Å²) in [4.78, 5) is 12.4. The van der Waals surface area contributed by atoms with E-state index in [0.717, 1.165) is 17.4 Å². The highest BCUT2D eigenvalue weighted by atomic mass is 32.2. The van der Waals surface area contributed by atoms with Gasteiger partial charge in [0, 0.05) is 11.9 Å². The summed E-state index contributed by atoms with van der Waals surface area (Å²) in [5.74, 6) is -0.430. The van der Waals surface area contributed by atoms with Crippen molar-refractivity contribution < 1.29 is 13.2 Å². The van der Waals surface area contributed by atoms with Crippen molar-refractivity contribution in [2.75, 3.05) is 11.6 Å². The Morgan fingerprint density at radius 2 is 1.57 bits per heavy atom. The molecule has 0 saturated carbocycles. The second kappa shape index (κ2) is 5.69. The minimum Gasteiger partial charge on any atom is -0.322 e. The first-order valence-electron chi connectivity index (χ1n) is 6.46. The molecule has 2 aromatic carbocycles.